The summed E-state index contributed by atoms with van der Waals surface area (Å²) in [5.74, 6) is -0.979. The molecule has 5 heteroatoms. The molecule has 1 N–H and O–H groups in total. The van der Waals surface area contributed by atoms with E-state index in [0.29, 0.717) is 5.56 Å². The number of nitrogens with one attached hydrogen (secondary N) is 1. The normalized spacial score (nSPS) is 10.9. The molecule has 0 heterocycles. The van der Waals surface area contributed by atoms with E-state index in [2.05, 4.69) is 10.1 Å². The average molecular weight is 291 g/mol. The minimum atomic E-state index is -1.10. The number of benzene rings is 1. The predicted molar refractivity (Wildman–Crippen MR) is 79.0 cm³/mol. The Kier molecular flexibility index (Phi) is 5.64. The van der Waals surface area contributed by atoms with Gasteiger partial charge in [-0.05, 0) is 20.8 Å². The second-order valence-corrected chi connectivity index (χ2v) is 5.45. The van der Waals surface area contributed by atoms with E-state index in [9.17, 15) is 14.4 Å². The van der Waals surface area contributed by atoms with Crippen molar-refractivity contribution in [2.45, 2.75) is 39.2 Å². The molecule has 0 radical (unpaired) electrons. The van der Waals surface area contributed by atoms with Crippen molar-refractivity contribution in [2.75, 3.05) is 7.11 Å². The summed E-state index contributed by atoms with van der Waals surface area (Å²) >= 11 is 0. The van der Waals surface area contributed by atoms with Crippen LogP contribution in [0.25, 0.3) is 0 Å². The Labute approximate surface area is 124 Å². The van der Waals surface area contributed by atoms with Crippen LogP contribution < -0.4 is 5.32 Å². The van der Waals surface area contributed by atoms with Crippen LogP contribution in [0.2, 0.25) is 0 Å². The zero-order chi connectivity index (χ0) is 16.0. The molecule has 1 rings (SSSR count). The largest absolute Gasteiger partial charge is 0.467 e. The summed E-state index contributed by atoms with van der Waals surface area (Å²) in [5.41, 5.74) is 0.559. The van der Waals surface area contributed by atoms with Gasteiger partial charge in [-0.15, -0.1) is 0 Å². The SMILES string of the molecule is COC(=O)C(C)(C)NC(=O)CCC(=O)c1ccc(C)cc1. The molecule has 1 amide bonds. The lowest BCUT2D eigenvalue weighted by molar-refractivity contribution is -0.149. The molecule has 0 bridgehead atoms. The summed E-state index contributed by atoms with van der Waals surface area (Å²) < 4.78 is 4.60. The highest BCUT2D eigenvalue weighted by molar-refractivity contribution is 5.98. The highest BCUT2D eigenvalue weighted by Crippen LogP contribution is 2.09. The second-order valence-electron chi connectivity index (χ2n) is 5.45. The molecular weight excluding hydrogens is 270 g/mol. The average Bonchev–Trinajstić information content (AvgIpc) is 2.44. The highest BCUT2D eigenvalue weighted by atomic mass is 16.5. The maximum atomic E-state index is 11.9. The first-order valence-corrected chi connectivity index (χ1v) is 6.75. The number of Topliss-reactive ketones (excluding diaryl/α,β-unsaturated/α-hetero) is 1. The van der Waals surface area contributed by atoms with Crippen LogP contribution in [0.15, 0.2) is 24.3 Å². The van der Waals surface area contributed by atoms with Crippen LogP contribution in [0.3, 0.4) is 0 Å². The maximum absolute atomic E-state index is 11.9. The van der Waals surface area contributed by atoms with Crippen molar-refractivity contribution in [1.29, 1.82) is 0 Å². The van der Waals surface area contributed by atoms with Crippen molar-refractivity contribution in [3.8, 4) is 0 Å². The Bertz CT molecular complexity index is 532. The fourth-order valence-corrected chi connectivity index (χ4v) is 1.83. The van der Waals surface area contributed by atoms with Gasteiger partial charge in [-0.2, -0.15) is 0 Å². The minimum absolute atomic E-state index is 0.0349. The van der Waals surface area contributed by atoms with Gasteiger partial charge in [-0.3, -0.25) is 9.59 Å². The Hall–Kier alpha value is -2.17. The third-order valence-corrected chi connectivity index (χ3v) is 3.10. The van der Waals surface area contributed by atoms with E-state index in [0.717, 1.165) is 5.56 Å². The topological polar surface area (TPSA) is 72.5 Å². The standard InChI is InChI=1S/C16H21NO4/c1-11-5-7-12(8-6-11)13(18)9-10-14(19)17-16(2,3)15(20)21-4/h5-8H,9-10H2,1-4H3,(H,17,19). The Morgan fingerprint density at radius 1 is 1.10 bits per heavy atom. The molecule has 1 aromatic carbocycles. The van der Waals surface area contributed by atoms with E-state index in [4.69, 9.17) is 0 Å². The van der Waals surface area contributed by atoms with Crippen LogP contribution in [0, 0.1) is 6.92 Å². The smallest absolute Gasteiger partial charge is 0.330 e. The van der Waals surface area contributed by atoms with Gasteiger partial charge in [0.25, 0.3) is 0 Å². The molecule has 5 nitrogen and oxygen atoms in total. The number of carbonyl (C=O) groups is 3. The molecule has 0 aromatic heterocycles. The monoisotopic (exact) mass is 291 g/mol. The van der Waals surface area contributed by atoms with Crippen molar-refractivity contribution in [3.63, 3.8) is 0 Å². The molecule has 0 aliphatic carbocycles. The lowest BCUT2D eigenvalue weighted by Crippen LogP contribution is -2.50. The Morgan fingerprint density at radius 2 is 1.67 bits per heavy atom. The van der Waals surface area contributed by atoms with Crippen LogP contribution >= 0.6 is 0 Å². The molecule has 0 saturated heterocycles. The van der Waals surface area contributed by atoms with Crippen LogP contribution in [0.4, 0.5) is 0 Å². The molecule has 0 aliphatic heterocycles. The van der Waals surface area contributed by atoms with Gasteiger partial charge in [0, 0.05) is 18.4 Å². The third kappa shape index (κ3) is 5.02. The summed E-state index contributed by atoms with van der Waals surface area (Å²) in [6.45, 7) is 5.05. The predicted octanol–water partition coefficient (Wildman–Crippen LogP) is 2.03. The summed E-state index contributed by atoms with van der Waals surface area (Å²) in [6.07, 6.45) is 0.138. The Balaban J connectivity index is 2.51. The molecule has 21 heavy (non-hydrogen) atoms. The number of ether oxygens (including phenoxy) is 1. The van der Waals surface area contributed by atoms with Crippen LogP contribution in [0.5, 0.6) is 0 Å². The summed E-state index contributed by atoms with van der Waals surface area (Å²) in [5, 5.41) is 2.56. The van der Waals surface area contributed by atoms with Gasteiger partial charge in [0.2, 0.25) is 5.91 Å². The van der Waals surface area contributed by atoms with Crippen molar-refractivity contribution in [1.82, 2.24) is 5.32 Å². The van der Waals surface area contributed by atoms with E-state index >= 15 is 0 Å². The van der Waals surface area contributed by atoms with E-state index < -0.39 is 11.5 Å². The number of rotatable bonds is 6. The zero-order valence-corrected chi connectivity index (χ0v) is 12.9. The quantitative estimate of drug-likeness (QED) is 0.643. The van der Waals surface area contributed by atoms with Crippen LogP contribution in [0.1, 0.15) is 42.6 Å². The van der Waals surface area contributed by atoms with Gasteiger partial charge < -0.3 is 10.1 Å². The lowest BCUT2D eigenvalue weighted by Gasteiger charge is -2.22. The molecule has 0 atom stereocenters. The molecule has 1 aromatic rings. The van der Waals surface area contributed by atoms with E-state index in [1.54, 1.807) is 26.0 Å². The maximum Gasteiger partial charge on any atom is 0.330 e. The highest BCUT2D eigenvalue weighted by Gasteiger charge is 2.30. The molecule has 0 spiro atoms. The zero-order valence-electron chi connectivity index (χ0n) is 12.9. The molecule has 0 fully saturated rings. The molecule has 114 valence electrons. The summed E-state index contributed by atoms with van der Waals surface area (Å²) in [4.78, 5) is 35.2. The number of carbonyl (C=O) groups excluding carboxylic acids is 3. The van der Waals surface area contributed by atoms with Gasteiger partial charge in [0.1, 0.15) is 5.54 Å². The number of aryl methyl sites for hydroxylation is 1. The van der Waals surface area contributed by atoms with E-state index in [-0.39, 0.29) is 24.5 Å². The summed E-state index contributed by atoms with van der Waals surface area (Å²) in [6, 6.07) is 7.20. The first-order chi connectivity index (χ1) is 9.76. The first-order valence-electron chi connectivity index (χ1n) is 6.75. The van der Waals surface area contributed by atoms with E-state index in [1.165, 1.54) is 7.11 Å². The molecule has 0 aliphatic rings. The van der Waals surface area contributed by atoms with Gasteiger partial charge >= 0.3 is 5.97 Å². The van der Waals surface area contributed by atoms with Gasteiger partial charge in [0.15, 0.2) is 5.78 Å². The fraction of sp³-hybridized carbons (Fsp3) is 0.438. The minimum Gasteiger partial charge on any atom is -0.467 e. The summed E-state index contributed by atoms with van der Waals surface area (Å²) in [7, 11) is 1.26. The number of ketones is 1. The van der Waals surface area contributed by atoms with Crippen molar-refractivity contribution >= 4 is 17.7 Å². The fourth-order valence-electron chi connectivity index (χ4n) is 1.83. The van der Waals surface area contributed by atoms with Gasteiger partial charge in [-0.1, -0.05) is 29.8 Å². The molecule has 0 unspecified atom stereocenters. The van der Waals surface area contributed by atoms with Crippen molar-refractivity contribution < 1.29 is 19.1 Å². The number of esters is 1. The van der Waals surface area contributed by atoms with Gasteiger partial charge in [-0.25, -0.2) is 4.79 Å². The number of hydrogen-bond donors (Lipinski definition) is 1. The first kappa shape index (κ1) is 16.9. The number of methoxy groups -OCH3 is 1. The van der Waals surface area contributed by atoms with E-state index in [1.807, 2.05) is 19.1 Å². The lowest BCUT2D eigenvalue weighted by atomic mass is 10.0. The molecule has 0 saturated carbocycles. The second kappa shape index (κ2) is 7.02. The Morgan fingerprint density at radius 3 is 2.19 bits per heavy atom. The third-order valence-electron chi connectivity index (χ3n) is 3.10. The van der Waals surface area contributed by atoms with Crippen molar-refractivity contribution in [2.24, 2.45) is 0 Å². The van der Waals surface area contributed by atoms with Crippen LogP contribution in [-0.4, -0.2) is 30.3 Å². The number of hydrogen-bond acceptors (Lipinski definition) is 4. The number of amides is 1. The molecular formula is C16H21NO4. The van der Waals surface area contributed by atoms with Crippen LogP contribution in [-0.2, 0) is 14.3 Å². The van der Waals surface area contributed by atoms with Gasteiger partial charge in [0.05, 0.1) is 7.11 Å². The van der Waals surface area contributed by atoms with Crippen molar-refractivity contribution in [3.05, 3.63) is 35.4 Å².